The van der Waals surface area contributed by atoms with E-state index in [4.69, 9.17) is 4.74 Å². The maximum atomic E-state index is 5.29. The van der Waals surface area contributed by atoms with Gasteiger partial charge in [-0.3, -0.25) is 0 Å². The molecule has 0 bridgehead atoms. The standard InChI is InChI=1S/C13H22N4O/c1-5-14-12-8(2)13(16-9(3)15-12)17-10-6-11(7-10)18-4/h10-11H,5-7H2,1-4H3,(H2,14,15,16,17). The Kier molecular flexibility index (Phi) is 4.01. The summed E-state index contributed by atoms with van der Waals surface area (Å²) in [5.74, 6) is 2.66. The molecule has 0 saturated heterocycles. The summed E-state index contributed by atoms with van der Waals surface area (Å²) in [5.41, 5.74) is 1.09. The predicted molar refractivity (Wildman–Crippen MR) is 73.1 cm³/mol. The van der Waals surface area contributed by atoms with Gasteiger partial charge in [0.2, 0.25) is 0 Å². The van der Waals surface area contributed by atoms with Gasteiger partial charge >= 0.3 is 0 Å². The van der Waals surface area contributed by atoms with Crippen LogP contribution in [0.15, 0.2) is 0 Å². The molecule has 0 radical (unpaired) electrons. The normalized spacial score (nSPS) is 22.4. The van der Waals surface area contributed by atoms with E-state index in [0.717, 1.165) is 42.4 Å². The molecule has 18 heavy (non-hydrogen) atoms. The highest BCUT2D eigenvalue weighted by atomic mass is 16.5. The van der Waals surface area contributed by atoms with Crippen LogP contribution in [-0.4, -0.2) is 35.8 Å². The Hall–Kier alpha value is -1.36. The number of hydrogen-bond donors (Lipinski definition) is 2. The van der Waals surface area contributed by atoms with Gasteiger partial charge in [0.25, 0.3) is 0 Å². The molecule has 5 nitrogen and oxygen atoms in total. The summed E-state index contributed by atoms with van der Waals surface area (Å²) in [7, 11) is 1.77. The third-order valence-electron chi connectivity index (χ3n) is 3.37. The number of hydrogen-bond acceptors (Lipinski definition) is 5. The molecule has 1 fully saturated rings. The van der Waals surface area contributed by atoms with Crippen LogP contribution in [0.1, 0.15) is 31.2 Å². The third-order valence-corrected chi connectivity index (χ3v) is 3.37. The zero-order chi connectivity index (χ0) is 13.1. The highest BCUT2D eigenvalue weighted by molar-refractivity contribution is 5.57. The summed E-state index contributed by atoms with van der Waals surface area (Å²) >= 11 is 0. The van der Waals surface area contributed by atoms with Crippen molar-refractivity contribution in [2.75, 3.05) is 24.3 Å². The number of aromatic nitrogens is 2. The lowest BCUT2D eigenvalue weighted by atomic mass is 9.89. The fourth-order valence-electron chi connectivity index (χ4n) is 2.18. The zero-order valence-corrected chi connectivity index (χ0v) is 11.6. The summed E-state index contributed by atoms with van der Waals surface area (Å²) in [6, 6.07) is 0.470. The van der Waals surface area contributed by atoms with Gasteiger partial charge in [-0.05, 0) is 33.6 Å². The molecular formula is C13H22N4O. The molecule has 0 aromatic carbocycles. The van der Waals surface area contributed by atoms with Crippen LogP contribution in [-0.2, 0) is 4.74 Å². The summed E-state index contributed by atoms with van der Waals surface area (Å²) in [6.45, 7) is 6.90. The summed E-state index contributed by atoms with van der Waals surface area (Å²) in [6.07, 6.45) is 2.50. The van der Waals surface area contributed by atoms with Gasteiger partial charge in [-0.2, -0.15) is 0 Å². The smallest absolute Gasteiger partial charge is 0.134 e. The van der Waals surface area contributed by atoms with Gasteiger partial charge in [0.1, 0.15) is 17.5 Å². The van der Waals surface area contributed by atoms with Crippen LogP contribution >= 0.6 is 0 Å². The van der Waals surface area contributed by atoms with Crippen molar-refractivity contribution in [3.8, 4) is 0 Å². The summed E-state index contributed by atoms with van der Waals surface area (Å²) in [4.78, 5) is 8.90. The Bertz CT molecular complexity index is 416. The first kappa shape index (κ1) is 13.1. The number of rotatable bonds is 5. The van der Waals surface area contributed by atoms with Crippen molar-refractivity contribution in [1.82, 2.24) is 9.97 Å². The molecule has 0 atom stereocenters. The molecule has 1 aliphatic rings. The van der Waals surface area contributed by atoms with Gasteiger partial charge < -0.3 is 15.4 Å². The highest BCUT2D eigenvalue weighted by Gasteiger charge is 2.29. The number of anilines is 2. The molecule has 0 amide bonds. The number of nitrogens with zero attached hydrogens (tertiary/aromatic N) is 2. The lowest BCUT2D eigenvalue weighted by molar-refractivity contribution is 0.0328. The zero-order valence-electron chi connectivity index (χ0n) is 11.6. The lowest BCUT2D eigenvalue weighted by Gasteiger charge is -2.35. The Morgan fingerprint density at radius 2 is 1.89 bits per heavy atom. The second-order valence-corrected chi connectivity index (χ2v) is 4.79. The molecule has 1 saturated carbocycles. The van der Waals surface area contributed by atoms with Crippen molar-refractivity contribution in [3.05, 3.63) is 11.4 Å². The topological polar surface area (TPSA) is 59.1 Å². The Morgan fingerprint density at radius 1 is 1.22 bits per heavy atom. The molecule has 100 valence electrons. The average Bonchev–Trinajstić information content (AvgIpc) is 2.29. The minimum Gasteiger partial charge on any atom is -0.381 e. The average molecular weight is 250 g/mol. The largest absolute Gasteiger partial charge is 0.381 e. The second-order valence-electron chi connectivity index (χ2n) is 4.79. The minimum absolute atomic E-state index is 0.402. The van der Waals surface area contributed by atoms with Crippen molar-refractivity contribution in [1.29, 1.82) is 0 Å². The van der Waals surface area contributed by atoms with E-state index < -0.39 is 0 Å². The Balaban J connectivity index is 2.08. The van der Waals surface area contributed by atoms with Crippen molar-refractivity contribution in [3.63, 3.8) is 0 Å². The van der Waals surface area contributed by atoms with Gasteiger partial charge in [-0.1, -0.05) is 0 Å². The maximum absolute atomic E-state index is 5.29. The van der Waals surface area contributed by atoms with Crippen LogP contribution in [0, 0.1) is 13.8 Å². The van der Waals surface area contributed by atoms with Gasteiger partial charge in [0, 0.05) is 25.3 Å². The highest BCUT2D eigenvalue weighted by Crippen LogP contribution is 2.28. The van der Waals surface area contributed by atoms with E-state index in [2.05, 4.69) is 27.5 Å². The van der Waals surface area contributed by atoms with Crippen molar-refractivity contribution < 1.29 is 4.74 Å². The minimum atomic E-state index is 0.402. The third kappa shape index (κ3) is 2.72. The van der Waals surface area contributed by atoms with Gasteiger partial charge in [-0.25, -0.2) is 9.97 Å². The fourth-order valence-corrected chi connectivity index (χ4v) is 2.18. The number of ether oxygens (including phenoxy) is 1. The quantitative estimate of drug-likeness (QED) is 0.838. The molecule has 2 N–H and O–H groups in total. The van der Waals surface area contributed by atoms with E-state index in [0.29, 0.717) is 12.1 Å². The van der Waals surface area contributed by atoms with E-state index in [1.165, 1.54) is 0 Å². The van der Waals surface area contributed by atoms with Crippen LogP contribution in [0.5, 0.6) is 0 Å². The summed E-state index contributed by atoms with van der Waals surface area (Å²) < 4.78 is 5.29. The molecule has 1 aromatic heterocycles. The Labute approximate surface area is 108 Å². The molecule has 5 heteroatoms. The van der Waals surface area contributed by atoms with Gasteiger partial charge in [0.15, 0.2) is 0 Å². The lowest BCUT2D eigenvalue weighted by Crippen LogP contribution is -2.40. The van der Waals surface area contributed by atoms with E-state index in [9.17, 15) is 0 Å². The molecule has 0 unspecified atom stereocenters. The van der Waals surface area contributed by atoms with Gasteiger partial charge in [0.05, 0.1) is 6.10 Å². The SMILES string of the molecule is CCNc1nc(C)nc(NC2CC(OC)C2)c1C. The van der Waals surface area contributed by atoms with Crippen molar-refractivity contribution >= 4 is 11.6 Å². The Morgan fingerprint density at radius 3 is 2.50 bits per heavy atom. The monoisotopic (exact) mass is 250 g/mol. The molecule has 0 spiro atoms. The van der Waals surface area contributed by atoms with Crippen LogP contribution < -0.4 is 10.6 Å². The molecule has 1 aromatic rings. The first-order valence-electron chi connectivity index (χ1n) is 6.52. The first-order chi connectivity index (χ1) is 8.63. The number of aryl methyl sites for hydroxylation is 1. The number of methoxy groups -OCH3 is 1. The fraction of sp³-hybridized carbons (Fsp3) is 0.692. The molecule has 2 rings (SSSR count). The van der Waals surface area contributed by atoms with Gasteiger partial charge in [-0.15, -0.1) is 0 Å². The van der Waals surface area contributed by atoms with E-state index >= 15 is 0 Å². The molecular weight excluding hydrogens is 228 g/mol. The molecule has 0 aliphatic heterocycles. The predicted octanol–water partition coefficient (Wildman–Crippen LogP) is 2.11. The number of nitrogens with one attached hydrogen (secondary N) is 2. The van der Waals surface area contributed by atoms with Crippen LogP contribution in [0.3, 0.4) is 0 Å². The van der Waals surface area contributed by atoms with Crippen LogP contribution in [0.25, 0.3) is 0 Å². The molecule has 1 aliphatic carbocycles. The maximum Gasteiger partial charge on any atom is 0.134 e. The van der Waals surface area contributed by atoms with E-state index in [-0.39, 0.29) is 0 Å². The first-order valence-corrected chi connectivity index (χ1v) is 6.52. The second kappa shape index (κ2) is 5.52. The van der Waals surface area contributed by atoms with E-state index in [1.807, 2.05) is 13.8 Å². The van der Waals surface area contributed by atoms with Crippen molar-refractivity contribution in [2.24, 2.45) is 0 Å². The van der Waals surface area contributed by atoms with Crippen molar-refractivity contribution in [2.45, 2.75) is 45.8 Å². The van der Waals surface area contributed by atoms with Crippen LogP contribution in [0.2, 0.25) is 0 Å². The molecule has 1 heterocycles. The van der Waals surface area contributed by atoms with E-state index in [1.54, 1.807) is 7.11 Å². The van der Waals surface area contributed by atoms with Crippen LogP contribution in [0.4, 0.5) is 11.6 Å². The summed E-state index contributed by atoms with van der Waals surface area (Å²) in [5, 5.41) is 6.75.